The summed E-state index contributed by atoms with van der Waals surface area (Å²) in [6.45, 7) is 0. The van der Waals surface area contributed by atoms with Crippen LogP contribution < -0.4 is 9.44 Å². The van der Waals surface area contributed by atoms with Gasteiger partial charge >= 0.3 is 0 Å². The Balaban J connectivity index is 1.73. The topological polar surface area (TPSA) is 105 Å². The monoisotopic (exact) mass is 547 g/mol. The van der Waals surface area contributed by atoms with Gasteiger partial charge in [-0.2, -0.15) is 0 Å². The molecule has 4 aromatic rings. The van der Waals surface area contributed by atoms with Crippen LogP contribution in [0.2, 0.25) is 15.2 Å². The second kappa shape index (κ2) is 8.69. The van der Waals surface area contributed by atoms with Gasteiger partial charge in [0.1, 0.15) is 9.36 Å². The molecule has 7 nitrogen and oxygen atoms in total. The number of rotatable bonds is 6. The van der Waals surface area contributed by atoms with Crippen LogP contribution in [0.5, 0.6) is 0 Å². The number of benzene rings is 2. The predicted molar refractivity (Wildman–Crippen MR) is 129 cm³/mol. The molecule has 0 saturated heterocycles. The Morgan fingerprint density at radius 1 is 0.781 bits per heavy atom. The van der Waals surface area contributed by atoms with Gasteiger partial charge in [-0.3, -0.25) is 9.44 Å². The molecular formula is C19H12Cl3N3O4S3. The summed E-state index contributed by atoms with van der Waals surface area (Å²) in [5.74, 6) is 0. The maximum absolute atomic E-state index is 13.0. The van der Waals surface area contributed by atoms with Crippen LogP contribution in [0.4, 0.5) is 11.4 Å². The molecule has 13 heteroatoms. The van der Waals surface area contributed by atoms with Gasteiger partial charge < -0.3 is 0 Å². The van der Waals surface area contributed by atoms with Gasteiger partial charge in [-0.05, 0) is 53.9 Å². The largest absolute Gasteiger partial charge is 0.277 e. The maximum atomic E-state index is 13.0. The summed E-state index contributed by atoms with van der Waals surface area (Å²) in [5, 5.41) is 2.54. The van der Waals surface area contributed by atoms with Gasteiger partial charge in [0, 0.05) is 5.39 Å². The predicted octanol–water partition coefficient (Wildman–Crippen LogP) is 5.86. The van der Waals surface area contributed by atoms with E-state index in [1.165, 1.54) is 36.4 Å². The summed E-state index contributed by atoms with van der Waals surface area (Å²) in [5.41, 5.74) is 0.356. The van der Waals surface area contributed by atoms with E-state index < -0.39 is 20.0 Å². The van der Waals surface area contributed by atoms with Crippen molar-refractivity contribution in [3.05, 3.63) is 75.2 Å². The highest BCUT2D eigenvalue weighted by Gasteiger charge is 2.22. The van der Waals surface area contributed by atoms with Gasteiger partial charge in [0.15, 0.2) is 0 Å². The summed E-state index contributed by atoms with van der Waals surface area (Å²) in [4.78, 5) is 4.06. The van der Waals surface area contributed by atoms with Crippen molar-refractivity contribution in [2.75, 3.05) is 9.44 Å². The lowest BCUT2D eigenvalue weighted by Gasteiger charge is -2.15. The lowest BCUT2D eigenvalue weighted by Crippen LogP contribution is -2.17. The average molecular weight is 549 g/mol. The number of hydrogen-bond donors (Lipinski definition) is 2. The van der Waals surface area contributed by atoms with Gasteiger partial charge in [0.05, 0.1) is 31.8 Å². The fourth-order valence-electron chi connectivity index (χ4n) is 2.78. The van der Waals surface area contributed by atoms with Crippen molar-refractivity contribution in [1.82, 2.24) is 4.98 Å². The molecule has 0 radical (unpaired) electrons. The Labute approximate surface area is 203 Å². The molecule has 0 bridgehead atoms. The van der Waals surface area contributed by atoms with Crippen molar-refractivity contribution in [2.45, 2.75) is 9.10 Å². The molecule has 0 atom stereocenters. The zero-order chi connectivity index (χ0) is 23.1. The molecule has 0 amide bonds. The van der Waals surface area contributed by atoms with Crippen molar-refractivity contribution >= 4 is 88.5 Å². The SMILES string of the molecule is O=S(=O)(Nc1cc(Cl)c(Cl)cc1NS(=O)(=O)c1cccs1)c1ccc2nc(Cl)ccc2c1. The van der Waals surface area contributed by atoms with E-state index in [0.29, 0.717) is 10.9 Å². The van der Waals surface area contributed by atoms with E-state index >= 15 is 0 Å². The maximum Gasteiger partial charge on any atom is 0.271 e. The quantitative estimate of drug-likeness (QED) is 0.294. The Kier molecular flexibility index (Phi) is 6.27. The van der Waals surface area contributed by atoms with Crippen molar-refractivity contribution in [3.8, 4) is 0 Å². The van der Waals surface area contributed by atoms with Gasteiger partial charge in [-0.1, -0.05) is 40.9 Å². The first-order valence-corrected chi connectivity index (χ1v) is 13.7. The Morgan fingerprint density at radius 3 is 2.06 bits per heavy atom. The number of nitrogens with zero attached hydrogens (tertiary/aromatic N) is 1. The molecular weight excluding hydrogens is 537 g/mol. The molecule has 2 aromatic heterocycles. The summed E-state index contributed by atoms with van der Waals surface area (Å²) in [7, 11) is -8.09. The third-order valence-corrected chi connectivity index (χ3v) is 9.30. The molecule has 0 aliphatic carbocycles. The molecule has 0 saturated carbocycles. The average Bonchev–Trinajstić information content (AvgIpc) is 3.27. The molecule has 0 aliphatic rings. The number of pyridine rings is 1. The summed E-state index contributed by atoms with van der Waals surface area (Å²) in [6, 6.07) is 13.0. The summed E-state index contributed by atoms with van der Waals surface area (Å²) < 4.78 is 56.2. The Morgan fingerprint density at radius 2 is 1.44 bits per heavy atom. The van der Waals surface area contributed by atoms with E-state index in [2.05, 4.69) is 14.4 Å². The van der Waals surface area contributed by atoms with Gasteiger partial charge in [0.25, 0.3) is 20.0 Å². The highest BCUT2D eigenvalue weighted by Crippen LogP contribution is 2.35. The first-order valence-electron chi connectivity index (χ1n) is 8.70. The molecule has 2 aromatic carbocycles. The molecule has 166 valence electrons. The van der Waals surface area contributed by atoms with Crippen molar-refractivity contribution in [2.24, 2.45) is 0 Å². The number of anilines is 2. The smallest absolute Gasteiger partial charge is 0.271 e. The van der Waals surface area contributed by atoms with E-state index in [4.69, 9.17) is 34.8 Å². The second-order valence-electron chi connectivity index (χ2n) is 6.44. The van der Waals surface area contributed by atoms with E-state index in [0.717, 1.165) is 11.3 Å². The number of halogens is 3. The van der Waals surface area contributed by atoms with Crippen LogP contribution in [0, 0.1) is 0 Å². The fraction of sp³-hybridized carbons (Fsp3) is 0. The molecule has 2 N–H and O–H groups in total. The lowest BCUT2D eigenvalue weighted by atomic mass is 10.2. The third-order valence-electron chi connectivity index (χ3n) is 4.25. The van der Waals surface area contributed by atoms with E-state index in [1.54, 1.807) is 23.6 Å². The van der Waals surface area contributed by atoms with Gasteiger partial charge in [-0.25, -0.2) is 21.8 Å². The molecule has 0 spiro atoms. The molecule has 0 aliphatic heterocycles. The molecule has 4 rings (SSSR count). The van der Waals surface area contributed by atoms with Crippen molar-refractivity contribution in [1.29, 1.82) is 0 Å². The number of aromatic nitrogens is 1. The molecule has 0 unspecified atom stereocenters. The van der Waals surface area contributed by atoms with E-state index in [-0.39, 0.29) is 35.7 Å². The minimum absolute atomic E-state index is 0.0424. The Hall–Kier alpha value is -2.08. The summed E-state index contributed by atoms with van der Waals surface area (Å²) >= 11 is 19.0. The van der Waals surface area contributed by atoms with Gasteiger partial charge in [0.2, 0.25) is 0 Å². The summed E-state index contributed by atoms with van der Waals surface area (Å²) in [6.07, 6.45) is 0. The third kappa shape index (κ3) is 4.80. The standard InChI is InChI=1S/C19H12Cl3N3O4S3/c20-13-9-16(17(10-14(13)21)25-32(28,29)19-2-1-7-30-19)24-31(26,27)12-4-5-15-11(8-12)3-6-18(22)23-15/h1-10,24-25H. The normalized spacial score (nSPS) is 12.1. The second-order valence-corrected chi connectivity index (χ2v) is 12.2. The Bertz CT molecular complexity index is 1540. The molecule has 2 heterocycles. The zero-order valence-corrected chi connectivity index (χ0v) is 20.4. The molecule has 0 fully saturated rings. The van der Waals surface area contributed by atoms with Crippen LogP contribution in [0.25, 0.3) is 10.9 Å². The van der Waals surface area contributed by atoms with Crippen LogP contribution in [0.15, 0.2) is 69.1 Å². The van der Waals surface area contributed by atoms with Crippen LogP contribution in [0.3, 0.4) is 0 Å². The molecule has 32 heavy (non-hydrogen) atoms. The first-order chi connectivity index (χ1) is 15.0. The van der Waals surface area contributed by atoms with E-state index in [9.17, 15) is 16.8 Å². The number of nitrogens with one attached hydrogen (secondary N) is 2. The number of fused-ring (bicyclic) bond motifs is 1. The minimum atomic E-state index is -4.12. The number of hydrogen-bond acceptors (Lipinski definition) is 6. The lowest BCUT2D eigenvalue weighted by molar-refractivity contribution is 0.599. The van der Waals surface area contributed by atoms with Gasteiger partial charge in [-0.15, -0.1) is 11.3 Å². The minimum Gasteiger partial charge on any atom is -0.277 e. The van der Waals surface area contributed by atoms with Crippen LogP contribution in [-0.4, -0.2) is 21.8 Å². The van der Waals surface area contributed by atoms with Crippen LogP contribution in [0.1, 0.15) is 0 Å². The van der Waals surface area contributed by atoms with Crippen molar-refractivity contribution < 1.29 is 16.8 Å². The highest BCUT2D eigenvalue weighted by molar-refractivity contribution is 7.94. The first kappa shape index (κ1) is 23.1. The zero-order valence-electron chi connectivity index (χ0n) is 15.7. The van der Waals surface area contributed by atoms with E-state index in [1.807, 2.05) is 0 Å². The number of sulfonamides is 2. The highest BCUT2D eigenvalue weighted by atomic mass is 35.5. The van der Waals surface area contributed by atoms with Crippen molar-refractivity contribution in [3.63, 3.8) is 0 Å². The van der Waals surface area contributed by atoms with Crippen LogP contribution >= 0.6 is 46.1 Å². The van der Waals surface area contributed by atoms with Crippen LogP contribution in [-0.2, 0) is 20.0 Å². The fourth-order valence-corrected chi connectivity index (χ4v) is 6.43. The number of thiophene rings is 1.